The van der Waals surface area contributed by atoms with Gasteiger partial charge in [-0.15, -0.1) is 0 Å². The van der Waals surface area contributed by atoms with Gasteiger partial charge in [0.15, 0.2) is 0 Å². The van der Waals surface area contributed by atoms with Crippen LogP contribution in [0.25, 0.3) is 0 Å². The third kappa shape index (κ3) is 4.03. The van der Waals surface area contributed by atoms with Gasteiger partial charge in [0.05, 0.1) is 30.0 Å². The van der Waals surface area contributed by atoms with E-state index in [1.165, 1.54) is 18.3 Å². The first-order valence-corrected chi connectivity index (χ1v) is 6.27. The molecule has 0 radical (unpaired) electrons. The zero-order valence-electron chi connectivity index (χ0n) is 11.3. The van der Waals surface area contributed by atoms with Gasteiger partial charge in [0.1, 0.15) is 0 Å². The van der Waals surface area contributed by atoms with E-state index in [4.69, 9.17) is 5.11 Å². The van der Waals surface area contributed by atoms with Gasteiger partial charge in [-0.25, -0.2) is 9.59 Å². The average Bonchev–Trinajstić information content (AvgIpc) is 2.99. The first-order chi connectivity index (χ1) is 10.1. The van der Waals surface area contributed by atoms with Gasteiger partial charge in [-0.2, -0.15) is 5.10 Å². The van der Waals surface area contributed by atoms with E-state index in [1.807, 2.05) is 6.92 Å². The molecule has 4 N–H and O–H groups in total. The summed E-state index contributed by atoms with van der Waals surface area (Å²) in [6.07, 6.45) is 4.72. The third-order valence-corrected chi connectivity index (χ3v) is 2.86. The number of carbonyl (C=O) groups excluding carboxylic acids is 1. The second kappa shape index (κ2) is 6.51. The zero-order chi connectivity index (χ0) is 15.2. The highest BCUT2D eigenvalue weighted by Gasteiger charge is 2.10. The summed E-state index contributed by atoms with van der Waals surface area (Å²) >= 11 is 0. The highest BCUT2D eigenvalue weighted by molar-refractivity contribution is 5.87. The molecule has 8 nitrogen and oxygen atoms in total. The maximum Gasteiger partial charge on any atom is 0.335 e. The molecule has 1 atom stereocenters. The second-order valence-corrected chi connectivity index (χ2v) is 4.42. The Morgan fingerprint density at radius 3 is 2.95 bits per heavy atom. The normalized spacial score (nSPS) is 11.7. The van der Waals surface area contributed by atoms with Crippen molar-refractivity contribution in [3.8, 4) is 0 Å². The first kappa shape index (κ1) is 14.5. The number of aromatic amines is 1. The fraction of sp³-hybridized carbons (Fsp3) is 0.231. The van der Waals surface area contributed by atoms with Gasteiger partial charge in [-0.1, -0.05) is 0 Å². The van der Waals surface area contributed by atoms with Crippen LogP contribution in [0.3, 0.4) is 0 Å². The highest BCUT2D eigenvalue weighted by Crippen LogP contribution is 2.08. The number of nitrogens with one attached hydrogen (secondary N) is 3. The van der Waals surface area contributed by atoms with Crippen molar-refractivity contribution in [2.24, 2.45) is 0 Å². The molecular weight excluding hydrogens is 274 g/mol. The summed E-state index contributed by atoms with van der Waals surface area (Å²) in [6, 6.07) is 2.25. The van der Waals surface area contributed by atoms with Crippen LogP contribution in [0.1, 0.15) is 34.6 Å². The third-order valence-electron chi connectivity index (χ3n) is 2.86. The van der Waals surface area contributed by atoms with Gasteiger partial charge < -0.3 is 15.7 Å². The molecule has 0 spiro atoms. The van der Waals surface area contributed by atoms with Gasteiger partial charge in [0.2, 0.25) is 0 Å². The molecule has 8 heteroatoms. The van der Waals surface area contributed by atoms with Crippen molar-refractivity contribution in [3.63, 3.8) is 0 Å². The highest BCUT2D eigenvalue weighted by atomic mass is 16.4. The number of urea groups is 1. The molecule has 0 aliphatic carbocycles. The lowest BCUT2D eigenvalue weighted by molar-refractivity contribution is 0.0696. The topological polar surface area (TPSA) is 120 Å². The summed E-state index contributed by atoms with van der Waals surface area (Å²) in [5.41, 5.74) is 1.46. The van der Waals surface area contributed by atoms with E-state index in [-0.39, 0.29) is 24.2 Å². The van der Waals surface area contributed by atoms with Gasteiger partial charge in [0, 0.05) is 18.0 Å². The van der Waals surface area contributed by atoms with Crippen molar-refractivity contribution in [2.75, 3.05) is 0 Å². The molecule has 0 fully saturated rings. The lowest BCUT2D eigenvalue weighted by Gasteiger charge is -2.13. The van der Waals surface area contributed by atoms with E-state index in [2.05, 4.69) is 25.8 Å². The number of amides is 2. The van der Waals surface area contributed by atoms with E-state index in [1.54, 1.807) is 12.4 Å². The minimum Gasteiger partial charge on any atom is -0.478 e. The van der Waals surface area contributed by atoms with Crippen LogP contribution in [0, 0.1) is 0 Å². The lowest BCUT2D eigenvalue weighted by atomic mass is 10.2. The largest absolute Gasteiger partial charge is 0.478 e. The van der Waals surface area contributed by atoms with Crippen molar-refractivity contribution < 1.29 is 14.7 Å². The predicted molar refractivity (Wildman–Crippen MR) is 73.6 cm³/mol. The molecule has 0 saturated heterocycles. The number of hydrogen-bond donors (Lipinski definition) is 4. The molecule has 0 saturated carbocycles. The molecule has 1 unspecified atom stereocenters. The van der Waals surface area contributed by atoms with Crippen LogP contribution in [-0.4, -0.2) is 32.3 Å². The summed E-state index contributed by atoms with van der Waals surface area (Å²) in [6.45, 7) is 1.97. The number of aromatic nitrogens is 3. The van der Waals surface area contributed by atoms with Crippen LogP contribution in [0.4, 0.5) is 4.79 Å². The van der Waals surface area contributed by atoms with Crippen molar-refractivity contribution in [1.29, 1.82) is 0 Å². The Morgan fingerprint density at radius 1 is 1.48 bits per heavy atom. The van der Waals surface area contributed by atoms with Gasteiger partial charge in [-0.3, -0.25) is 10.1 Å². The van der Waals surface area contributed by atoms with Gasteiger partial charge in [-0.05, 0) is 19.1 Å². The maximum atomic E-state index is 11.7. The maximum absolute atomic E-state index is 11.7. The average molecular weight is 289 g/mol. The molecule has 0 aliphatic rings. The summed E-state index contributed by atoms with van der Waals surface area (Å²) in [5, 5.41) is 20.7. The molecule has 0 aliphatic heterocycles. The molecule has 2 rings (SSSR count). The van der Waals surface area contributed by atoms with Crippen LogP contribution in [0.5, 0.6) is 0 Å². The van der Waals surface area contributed by atoms with E-state index >= 15 is 0 Å². The molecular formula is C13H15N5O3. The summed E-state index contributed by atoms with van der Waals surface area (Å²) in [4.78, 5) is 26.6. The predicted octanol–water partition coefficient (Wildman–Crippen LogP) is 1.06. The monoisotopic (exact) mass is 289 g/mol. The van der Waals surface area contributed by atoms with Crippen LogP contribution in [-0.2, 0) is 6.54 Å². The second-order valence-electron chi connectivity index (χ2n) is 4.42. The van der Waals surface area contributed by atoms with Crippen molar-refractivity contribution >= 4 is 12.0 Å². The summed E-state index contributed by atoms with van der Waals surface area (Å²) < 4.78 is 0. The molecule has 2 aromatic heterocycles. The van der Waals surface area contributed by atoms with Crippen LogP contribution in [0.15, 0.2) is 30.7 Å². The Labute approximate surface area is 120 Å². The Balaban J connectivity index is 1.86. The molecule has 2 amide bonds. The van der Waals surface area contributed by atoms with Crippen molar-refractivity contribution in [3.05, 3.63) is 47.5 Å². The Bertz CT molecular complexity index is 626. The fourth-order valence-electron chi connectivity index (χ4n) is 1.71. The Hall–Kier alpha value is -2.90. The molecule has 2 heterocycles. The summed E-state index contributed by atoms with van der Waals surface area (Å²) in [5.74, 6) is -1.03. The molecule has 0 bridgehead atoms. The minimum atomic E-state index is -1.03. The van der Waals surface area contributed by atoms with Crippen LogP contribution in [0.2, 0.25) is 0 Å². The van der Waals surface area contributed by atoms with E-state index in [9.17, 15) is 9.59 Å². The van der Waals surface area contributed by atoms with Gasteiger partial charge in [0.25, 0.3) is 0 Å². The van der Waals surface area contributed by atoms with E-state index < -0.39 is 5.97 Å². The van der Waals surface area contributed by atoms with Crippen LogP contribution >= 0.6 is 0 Å². The standard InChI is InChI=1S/C13H15N5O3/c1-8(10-5-16-17-6-10)18-13(21)15-7-11-4-9(12(19)20)2-3-14-11/h2-6,8H,7H2,1H3,(H,16,17)(H,19,20)(H2,15,18,21). The number of carbonyl (C=O) groups is 2. The number of pyridine rings is 1. The number of carboxylic acid groups (broad SMARTS) is 1. The van der Waals surface area contributed by atoms with E-state index in [0.29, 0.717) is 5.69 Å². The molecule has 21 heavy (non-hydrogen) atoms. The molecule has 110 valence electrons. The minimum absolute atomic E-state index is 0.133. The van der Waals surface area contributed by atoms with Crippen molar-refractivity contribution in [2.45, 2.75) is 19.5 Å². The Morgan fingerprint density at radius 2 is 2.29 bits per heavy atom. The number of hydrogen-bond acceptors (Lipinski definition) is 4. The number of nitrogens with zero attached hydrogens (tertiary/aromatic N) is 2. The quantitative estimate of drug-likeness (QED) is 0.656. The number of H-pyrrole nitrogens is 1. The fourth-order valence-corrected chi connectivity index (χ4v) is 1.71. The van der Waals surface area contributed by atoms with Gasteiger partial charge >= 0.3 is 12.0 Å². The molecule has 2 aromatic rings. The molecule has 0 aromatic carbocycles. The number of carboxylic acids is 1. The van der Waals surface area contributed by atoms with Crippen LogP contribution < -0.4 is 10.6 Å². The lowest BCUT2D eigenvalue weighted by Crippen LogP contribution is -2.36. The summed E-state index contributed by atoms with van der Waals surface area (Å²) in [7, 11) is 0. The Kier molecular flexibility index (Phi) is 4.50. The number of aromatic carboxylic acids is 1. The zero-order valence-corrected chi connectivity index (χ0v) is 11.3. The SMILES string of the molecule is CC(NC(=O)NCc1cc(C(=O)O)ccn1)c1cn[nH]c1. The number of rotatable bonds is 5. The van der Waals surface area contributed by atoms with E-state index in [0.717, 1.165) is 5.56 Å². The smallest absolute Gasteiger partial charge is 0.335 e. The first-order valence-electron chi connectivity index (χ1n) is 6.27. The van der Waals surface area contributed by atoms with Crippen molar-refractivity contribution in [1.82, 2.24) is 25.8 Å².